The monoisotopic (exact) mass is 361 g/mol. The molecule has 0 aliphatic carbocycles. The lowest BCUT2D eigenvalue weighted by atomic mass is 10.3. The number of nitrogens with one attached hydrogen (secondary N) is 1. The molecule has 1 aromatic heterocycles. The van der Waals surface area contributed by atoms with E-state index >= 15 is 0 Å². The number of hydrogen-bond acceptors (Lipinski definition) is 5. The Morgan fingerprint density at radius 1 is 1.42 bits per heavy atom. The molecule has 0 bridgehead atoms. The van der Waals surface area contributed by atoms with Gasteiger partial charge in [0.05, 0.1) is 10.7 Å². The number of rotatable bonds is 5. The average Bonchev–Trinajstić information content (AvgIpc) is 2.81. The van der Waals surface area contributed by atoms with Crippen LogP contribution in [0.3, 0.4) is 0 Å². The van der Waals surface area contributed by atoms with Gasteiger partial charge >= 0.3 is 0 Å². The van der Waals surface area contributed by atoms with Crippen LogP contribution in [0.2, 0.25) is 0 Å². The van der Waals surface area contributed by atoms with Crippen LogP contribution >= 0.6 is 27.3 Å². The van der Waals surface area contributed by atoms with Crippen LogP contribution in [0, 0.1) is 0 Å². The second-order valence-corrected chi connectivity index (χ2v) is 7.39. The number of nitrogens with zero attached hydrogens (tertiary/aromatic N) is 1. The molecule has 102 valence electrons. The van der Waals surface area contributed by atoms with Gasteiger partial charge < -0.3 is 5.73 Å². The van der Waals surface area contributed by atoms with E-state index in [0.29, 0.717) is 13.0 Å². The molecular formula is C11H12BrN3O2S2. The van der Waals surface area contributed by atoms with E-state index in [1.165, 1.54) is 17.4 Å². The van der Waals surface area contributed by atoms with Gasteiger partial charge in [-0.1, -0.05) is 15.9 Å². The van der Waals surface area contributed by atoms with Gasteiger partial charge in [0, 0.05) is 29.0 Å². The first-order chi connectivity index (χ1) is 8.99. The first-order valence-corrected chi connectivity index (χ1v) is 8.58. The molecule has 1 aromatic carbocycles. The summed E-state index contributed by atoms with van der Waals surface area (Å²) in [7, 11) is -3.58. The van der Waals surface area contributed by atoms with Gasteiger partial charge in [-0.3, -0.25) is 0 Å². The van der Waals surface area contributed by atoms with Crippen molar-refractivity contribution in [1.29, 1.82) is 0 Å². The lowest BCUT2D eigenvalue weighted by Gasteiger charge is -2.08. The third kappa shape index (κ3) is 3.75. The van der Waals surface area contributed by atoms with Gasteiger partial charge in [-0.05, 0) is 18.2 Å². The number of anilines is 1. The summed E-state index contributed by atoms with van der Waals surface area (Å²) in [6.45, 7) is 0.297. The molecule has 8 heteroatoms. The summed E-state index contributed by atoms with van der Waals surface area (Å²) in [4.78, 5) is 4.18. The predicted octanol–water partition coefficient (Wildman–Crippen LogP) is 2.01. The average molecular weight is 362 g/mol. The Kier molecular flexibility index (Phi) is 4.56. The molecule has 0 amide bonds. The highest BCUT2D eigenvalue weighted by molar-refractivity contribution is 9.10. The normalized spacial score (nSPS) is 11.6. The molecule has 19 heavy (non-hydrogen) atoms. The fourth-order valence-corrected chi connectivity index (χ4v) is 3.65. The first kappa shape index (κ1) is 14.4. The SMILES string of the molecule is Nc1cc(Br)ccc1S(=O)(=O)NCCc1nccs1. The second kappa shape index (κ2) is 6.00. The minimum atomic E-state index is -3.58. The highest BCUT2D eigenvalue weighted by atomic mass is 79.9. The van der Waals surface area contributed by atoms with Crippen LogP contribution in [0.1, 0.15) is 5.01 Å². The number of halogens is 1. The van der Waals surface area contributed by atoms with E-state index in [9.17, 15) is 8.42 Å². The maximum Gasteiger partial charge on any atom is 0.242 e. The fraction of sp³-hybridized carbons (Fsp3) is 0.182. The van der Waals surface area contributed by atoms with E-state index in [1.54, 1.807) is 18.3 Å². The van der Waals surface area contributed by atoms with E-state index in [2.05, 4.69) is 25.6 Å². The summed E-state index contributed by atoms with van der Waals surface area (Å²) < 4.78 is 27.4. The van der Waals surface area contributed by atoms with Gasteiger partial charge in [0.25, 0.3) is 0 Å². The van der Waals surface area contributed by atoms with Crippen LogP contribution in [-0.2, 0) is 16.4 Å². The Morgan fingerprint density at radius 3 is 2.84 bits per heavy atom. The van der Waals surface area contributed by atoms with Crippen molar-refractivity contribution in [3.05, 3.63) is 39.3 Å². The van der Waals surface area contributed by atoms with Crippen LogP contribution in [0.25, 0.3) is 0 Å². The second-order valence-electron chi connectivity index (χ2n) is 3.76. The molecule has 2 rings (SSSR count). The van der Waals surface area contributed by atoms with Crippen molar-refractivity contribution >= 4 is 43.0 Å². The van der Waals surface area contributed by atoms with Crippen molar-refractivity contribution in [2.75, 3.05) is 12.3 Å². The Hall–Kier alpha value is -0.960. The van der Waals surface area contributed by atoms with Crippen molar-refractivity contribution in [3.63, 3.8) is 0 Å². The summed E-state index contributed by atoms with van der Waals surface area (Å²) in [6, 6.07) is 4.69. The minimum Gasteiger partial charge on any atom is -0.398 e. The Balaban J connectivity index is 2.05. The molecule has 0 atom stereocenters. The van der Waals surface area contributed by atoms with E-state index in [1.807, 2.05) is 5.38 Å². The zero-order valence-corrected chi connectivity index (χ0v) is 13.1. The largest absolute Gasteiger partial charge is 0.398 e. The van der Waals surface area contributed by atoms with Crippen LogP contribution in [0.5, 0.6) is 0 Å². The molecule has 0 radical (unpaired) electrons. The van der Waals surface area contributed by atoms with Gasteiger partial charge in [0.2, 0.25) is 10.0 Å². The van der Waals surface area contributed by atoms with Crippen molar-refractivity contribution in [2.24, 2.45) is 0 Å². The summed E-state index contributed by atoms with van der Waals surface area (Å²) in [6.07, 6.45) is 2.26. The highest BCUT2D eigenvalue weighted by Gasteiger charge is 2.16. The molecule has 0 saturated heterocycles. The Bertz CT molecular complexity index is 657. The van der Waals surface area contributed by atoms with E-state index in [-0.39, 0.29) is 10.6 Å². The third-order valence-corrected chi connectivity index (χ3v) is 5.24. The van der Waals surface area contributed by atoms with Crippen molar-refractivity contribution in [2.45, 2.75) is 11.3 Å². The lowest BCUT2D eigenvalue weighted by Crippen LogP contribution is -2.26. The molecule has 0 aliphatic rings. The molecule has 0 unspecified atom stereocenters. The molecule has 1 heterocycles. The van der Waals surface area contributed by atoms with E-state index < -0.39 is 10.0 Å². The number of nitrogens with two attached hydrogens (primary N) is 1. The first-order valence-electron chi connectivity index (χ1n) is 5.42. The maximum atomic E-state index is 12.1. The van der Waals surface area contributed by atoms with Gasteiger partial charge in [0.1, 0.15) is 4.90 Å². The molecule has 5 nitrogen and oxygen atoms in total. The highest BCUT2D eigenvalue weighted by Crippen LogP contribution is 2.22. The van der Waals surface area contributed by atoms with Crippen molar-refractivity contribution < 1.29 is 8.42 Å². The Morgan fingerprint density at radius 2 is 2.21 bits per heavy atom. The third-order valence-electron chi connectivity index (χ3n) is 2.38. The summed E-state index contributed by atoms with van der Waals surface area (Å²) in [5.41, 5.74) is 5.93. The maximum absolute atomic E-state index is 12.1. The van der Waals surface area contributed by atoms with Gasteiger partial charge in [-0.25, -0.2) is 18.1 Å². The topological polar surface area (TPSA) is 85.1 Å². The van der Waals surface area contributed by atoms with Crippen molar-refractivity contribution in [1.82, 2.24) is 9.71 Å². The van der Waals surface area contributed by atoms with Crippen LogP contribution < -0.4 is 10.5 Å². The zero-order chi connectivity index (χ0) is 13.9. The molecule has 0 aliphatic heterocycles. The molecular weight excluding hydrogens is 350 g/mol. The van der Waals surface area contributed by atoms with Gasteiger partial charge in [-0.2, -0.15) is 0 Å². The van der Waals surface area contributed by atoms with Crippen LogP contribution in [0.15, 0.2) is 39.1 Å². The number of aromatic nitrogens is 1. The molecule has 0 saturated carbocycles. The number of benzene rings is 1. The number of hydrogen-bond donors (Lipinski definition) is 2. The van der Waals surface area contributed by atoms with Gasteiger partial charge in [0.15, 0.2) is 0 Å². The summed E-state index contributed by atoms with van der Waals surface area (Å²) >= 11 is 4.74. The fourth-order valence-electron chi connectivity index (χ4n) is 1.51. The predicted molar refractivity (Wildman–Crippen MR) is 79.6 cm³/mol. The molecule has 3 N–H and O–H groups in total. The molecule has 2 aromatic rings. The Labute approximate surface area is 124 Å². The van der Waals surface area contributed by atoms with Crippen LogP contribution in [-0.4, -0.2) is 19.9 Å². The van der Waals surface area contributed by atoms with Gasteiger partial charge in [-0.15, -0.1) is 11.3 Å². The quantitative estimate of drug-likeness (QED) is 0.797. The molecule has 0 spiro atoms. The smallest absolute Gasteiger partial charge is 0.242 e. The summed E-state index contributed by atoms with van der Waals surface area (Å²) in [5.74, 6) is 0. The minimum absolute atomic E-state index is 0.0924. The van der Waals surface area contributed by atoms with E-state index in [4.69, 9.17) is 5.73 Å². The van der Waals surface area contributed by atoms with Crippen LogP contribution in [0.4, 0.5) is 5.69 Å². The zero-order valence-electron chi connectivity index (χ0n) is 9.84. The number of thiazole rings is 1. The van der Waals surface area contributed by atoms with E-state index in [0.717, 1.165) is 9.48 Å². The molecule has 0 fully saturated rings. The number of sulfonamides is 1. The summed E-state index contributed by atoms with van der Waals surface area (Å²) in [5, 5.41) is 2.75. The standard InChI is InChI=1S/C11H12BrN3O2S2/c12-8-1-2-10(9(13)7-8)19(16,17)15-4-3-11-14-5-6-18-11/h1-2,5-7,15H,3-4,13H2. The lowest BCUT2D eigenvalue weighted by molar-refractivity contribution is 0.582. The number of nitrogen functional groups attached to an aromatic ring is 1. The van der Waals surface area contributed by atoms with Crippen molar-refractivity contribution in [3.8, 4) is 0 Å².